The standard InChI is InChI=1S/C10H9NO3S/c11-8-5-4-7-2-1-3-10(9(7)6-8)14-15(12)13/h1-6H,11H2,(H,12,13). The normalized spacial score (nSPS) is 12.6. The van der Waals surface area contributed by atoms with Gasteiger partial charge >= 0.3 is 11.4 Å². The van der Waals surface area contributed by atoms with E-state index < -0.39 is 11.4 Å². The molecule has 0 heterocycles. The van der Waals surface area contributed by atoms with Crippen LogP contribution in [0.1, 0.15) is 0 Å². The first-order valence-corrected chi connectivity index (χ1v) is 5.27. The molecule has 4 nitrogen and oxygen atoms in total. The Labute approximate surface area is 89.2 Å². The first kappa shape index (κ1) is 9.95. The van der Waals surface area contributed by atoms with Crippen molar-refractivity contribution in [2.75, 3.05) is 5.73 Å². The van der Waals surface area contributed by atoms with Gasteiger partial charge in [-0.1, -0.05) is 18.2 Å². The molecule has 2 aromatic carbocycles. The van der Waals surface area contributed by atoms with Gasteiger partial charge in [-0.15, -0.1) is 0 Å². The first-order chi connectivity index (χ1) is 7.16. The third-order valence-electron chi connectivity index (χ3n) is 2.03. The SMILES string of the molecule is Nc1ccc2cccc(OS(=O)O)c2c1. The molecule has 2 aromatic rings. The second-order valence-electron chi connectivity index (χ2n) is 3.04. The van der Waals surface area contributed by atoms with Gasteiger partial charge in [-0.05, 0) is 23.6 Å². The Morgan fingerprint density at radius 2 is 2.07 bits per heavy atom. The molecule has 0 spiro atoms. The minimum absolute atomic E-state index is 0.348. The lowest BCUT2D eigenvalue weighted by atomic mass is 10.1. The Kier molecular flexibility index (Phi) is 2.57. The summed E-state index contributed by atoms with van der Waals surface area (Å²) in [7, 11) is 0. The van der Waals surface area contributed by atoms with E-state index in [0.29, 0.717) is 11.4 Å². The maximum absolute atomic E-state index is 10.6. The van der Waals surface area contributed by atoms with Crippen molar-refractivity contribution in [1.82, 2.24) is 0 Å². The molecule has 0 aliphatic heterocycles. The fraction of sp³-hybridized carbons (Fsp3) is 0. The van der Waals surface area contributed by atoms with Gasteiger partial charge in [0.05, 0.1) is 0 Å². The number of anilines is 1. The highest BCUT2D eigenvalue weighted by Gasteiger charge is 2.04. The van der Waals surface area contributed by atoms with E-state index in [1.165, 1.54) is 0 Å². The number of rotatable bonds is 2. The summed E-state index contributed by atoms with van der Waals surface area (Å²) in [6.07, 6.45) is 0. The third kappa shape index (κ3) is 2.08. The molecule has 78 valence electrons. The fourth-order valence-electron chi connectivity index (χ4n) is 1.41. The molecule has 0 aliphatic carbocycles. The van der Waals surface area contributed by atoms with Gasteiger partial charge in [-0.25, -0.2) is 0 Å². The number of nitrogen functional groups attached to an aromatic ring is 1. The zero-order chi connectivity index (χ0) is 10.8. The van der Waals surface area contributed by atoms with Crippen molar-refractivity contribution in [3.63, 3.8) is 0 Å². The number of fused-ring (bicyclic) bond motifs is 1. The monoisotopic (exact) mass is 223 g/mol. The zero-order valence-corrected chi connectivity index (χ0v) is 8.53. The molecular formula is C10H9NO3S. The van der Waals surface area contributed by atoms with Crippen LogP contribution in [-0.2, 0) is 11.4 Å². The molecule has 1 atom stereocenters. The van der Waals surface area contributed by atoms with Crippen molar-refractivity contribution in [2.45, 2.75) is 0 Å². The van der Waals surface area contributed by atoms with Gasteiger partial charge in [0.1, 0.15) is 0 Å². The Morgan fingerprint density at radius 1 is 1.27 bits per heavy atom. The largest absolute Gasteiger partial charge is 0.399 e. The van der Waals surface area contributed by atoms with Gasteiger partial charge in [0.25, 0.3) is 0 Å². The second kappa shape index (κ2) is 3.88. The van der Waals surface area contributed by atoms with Crippen molar-refractivity contribution >= 4 is 27.8 Å². The predicted molar refractivity (Wildman–Crippen MR) is 59.8 cm³/mol. The van der Waals surface area contributed by atoms with Crippen LogP contribution >= 0.6 is 0 Å². The van der Waals surface area contributed by atoms with Crippen LogP contribution in [0.2, 0.25) is 0 Å². The van der Waals surface area contributed by atoms with E-state index in [0.717, 1.165) is 10.8 Å². The summed E-state index contributed by atoms with van der Waals surface area (Å²) in [5, 5.41) is 1.63. The molecule has 0 aliphatic rings. The van der Waals surface area contributed by atoms with Crippen molar-refractivity contribution in [1.29, 1.82) is 0 Å². The van der Waals surface area contributed by atoms with Crippen LogP contribution in [0.4, 0.5) is 5.69 Å². The van der Waals surface area contributed by atoms with Crippen LogP contribution in [0.25, 0.3) is 10.8 Å². The smallest absolute Gasteiger partial charge is 0.357 e. The number of hydrogen-bond acceptors (Lipinski definition) is 3. The molecule has 0 fully saturated rings. The molecule has 15 heavy (non-hydrogen) atoms. The van der Waals surface area contributed by atoms with E-state index in [-0.39, 0.29) is 0 Å². The van der Waals surface area contributed by atoms with E-state index in [4.69, 9.17) is 14.5 Å². The van der Waals surface area contributed by atoms with Crippen molar-refractivity contribution in [2.24, 2.45) is 0 Å². The highest BCUT2D eigenvalue weighted by Crippen LogP contribution is 2.27. The summed E-state index contributed by atoms with van der Waals surface area (Å²) in [6, 6.07) is 10.6. The maximum Gasteiger partial charge on any atom is 0.357 e. The van der Waals surface area contributed by atoms with Crippen molar-refractivity contribution in [3.05, 3.63) is 36.4 Å². The highest BCUT2D eigenvalue weighted by molar-refractivity contribution is 7.74. The van der Waals surface area contributed by atoms with Crippen LogP contribution < -0.4 is 9.92 Å². The minimum atomic E-state index is -2.32. The third-order valence-corrected chi connectivity index (χ3v) is 2.35. The molecule has 0 aromatic heterocycles. The quantitative estimate of drug-likeness (QED) is 0.602. The molecule has 0 bridgehead atoms. The predicted octanol–water partition coefficient (Wildman–Crippen LogP) is 1.94. The molecule has 1 unspecified atom stereocenters. The van der Waals surface area contributed by atoms with Gasteiger partial charge < -0.3 is 9.92 Å². The second-order valence-corrected chi connectivity index (χ2v) is 3.64. The van der Waals surface area contributed by atoms with Crippen LogP contribution in [0.15, 0.2) is 36.4 Å². The molecule has 0 amide bonds. The topological polar surface area (TPSA) is 72.5 Å². The highest BCUT2D eigenvalue weighted by atomic mass is 32.2. The lowest BCUT2D eigenvalue weighted by Gasteiger charge is -2.05. The summed E-state index contributed by atoms with van der Waals surface area (Å²) in [4.78, 5) is 0. The van der Waals surface area contributed by atoms with Gasteiger partial charge in [-0.3, -0.25) is 4.55 Å². The molecule has 3 N–H and O–H groups in total. The Hall–Kier alpha value is -1.59. The summed E-state index contributed by atoms with van der Waals surface area (Å²) in [5.74, 6) is 0.348. The van der Waals surface area contributed by atoms with Gasteiger partial charge in [-0.2, -0.15) is 4.21 Å². The van der Waals surface area contributed by atoms with E-state index in [1.54, 1.807) is 24.3 Å². The molecule has 0 radical (unpaired) electrons. The average molecular weight is 223 g/mol. The molecule has 5 heteroatoms. The van der Waals surface area contributed by atoms with Crippen molar-refractivity contribution in [3.8, 4) is 5.75 Å². The molecule has 2 rings (SSSR count). The summed E-state index contributed by atoms with van der Waals surface area (Å²) >= 11 is -2.32. The van der Waals surface area contributed by atoms with E-state index >= 15 is 0 Å². The molecule has 0 saturated heterocycles. The zero-order valence-electron chi connectivity index (χ0n) is 7.71. The average Bonchev–Trinajstić information content (AvgIpc) is 2.18. The van der Waals surface area contributed by atoms with Crippen LogP contribution in [0.5, 0.6) is 5.75 Å². The van der Waals surface area contributed by atoms with Crippen molar-refractivity contribution < 1.29 is 12.9 Å². The Balaban J connectivity index is 2.63. The van der Waals surface area contributed by atoms with E-state index in [1.807, 2.05) is 12.1 Å². The summed E-state index contributed by atoms with van der Waals surface area (Å²) < 4.78 is 24.0. The lowest BCUT2D eigenvalue weighted by molar-refractivity contribution is 0.460. The first-order valence-electron chi connectivity index (χ1n) is 4.24. The number of benzene rings is 2. The summed E-state index contributed by atoms with van der Waals surface area (Å²) in [5.41, 5.74) is 6.22. The van der Waals surface area contributed by atoms with Gasteiger partial charge in [0, 0.05) is 11.1 Å². The lowest BCUT2D eigenvalue weighted by Crippen LogP contribution is -1.98. The summed E-state index contributed by atoms with van der Waals surface area (Å²) in [6.45, 7) is 0. The number of hydrogen-bond donors (Lipinski definition) is 2. The molecule has 0 saturated carbocycles. The van der Waals surface area contributed by atoms with Gasteiger partial charge in [0.15, 0.2) is 5.75 Å². The van der Waals surface area contributed by atoms with Crippen LogP contribution in [-0.4, -0.2) is 8.76 Å². The minimum Gasteiger partial charge on any atom is -0.399 e. The number of nitrogens with two attached hydrogens (primary N) is 1. The Bertz CT molecular complexity index is 527. The van der Waals surface area contributed by atoms with Gasteiger partial charge in [0.2, 0.25) is 0 Å². The van der Waals surface area contributed by atoms with E-state index in [2.05, 4.69) is 0 Å². The van der Waals surface area contributed by atoms with Crippen LogP contribution in [0, 0.1) is 0 Å². The molecular weight excluding hydrogens is 214 g/mol. The maximum atomic E-state index is 10.6. The van der Waals surface area contributed by atoms with Crippen LogP contribution in [0.3, 0.4) is 0 Å². The fourth-order valence-corrected chi connectivity index (χ4v) is 1.71. The Morgan fingerprint density at radius 3 is 2.80 bits per heavy atom. The van der Waals surface area contributed by atoms with E-state index in [9.17, 15) is 4.21 Å².